The SMILES string of the molecule is CC(C(=O)N1CCOCC1)N1CC(C2C=C(F)C=CC2F)=C[C@H]1c1ccccc1. The van der Waals surface area contributed by atoms with Crippen LogP contribution in [0.5, 0.6) is 0 Å². The Morgan fingerprint density at radius 1 is 1.17 bits per heavy atom. The molecule has 4 nitrogen and oxygen atoms in total. The van der Waals surface area contributed by atoms with Crippen molar-refractivity contribution < 1.29 is 18.3 Å². The van der Waals surface area contributed by atoms with E-state index < -0.39 is 17.9 Å². The average Bonchev–Trinajstić information content (AvgIpc) is 3.21. The van der Waals surface area contributed by atoms with Crippen LogP contribution in [0, 0.1) is 5.92 Å². The highest BCUT2D eigenvalue weighted by molar-refractivity contribution is 5.82. The first-order chi connectivity index (χ1) is 14.0. The number of hydrogen-bond donors (Lipinski definition) is 0. The number of alkyl halides is 1. The van der Waals surface area contributed by atoms with Crippen molar-refractivity contribution in [2.24, 2.45) is 5.92 Å². The predicted molar refractivity (Wildman–Crippen MR) is 108 cm³/mol. The van der Waals surface area contributed by atoms with Gasteiger partial charge in [0.2, 0.25) is 5.91 Å². The molecule has 1 saturated heterocycles. The molecule has 0 aromatic heterocycles. The Labute approximate surface area is 170 Å². The Morgan fingerprint density at radius 3 is 2.62 bits per heavy atom. The number of rotatable bonds is 4. The third-order valence-electron chi connectivity index (χ3n) is 5.96. The first-order valence-corrected chi connectivity index (χ1v) is 10.1. The molecule has 3 unspecified atom stereocenters. The van der Waals surface area contributed by atoms with Gasteiger partial charge in [-0.2, -0.15) is 0 Å². The Balaban J connectivity index is 1.60. The van der Waals surface area contributed by atoms with Gasteiger partial charge in [0.05, 0.1) is 25.3 Å². The van der Waals surface area contributed by atoms with Crippen molar-refractivity contribution in [3.8, 4) is 0 Å². The van der Waals surface area contributed by atoms with E-state index in [0.717, 1.165) is 11.1 Å². The van der Waals surface area contributed by atoms with Crippen LogP contribution in [0.1, 0.15) is 18.5 Å². The number of morpholine rings is 1. The van der Waals surface area contributed by atoms with Crippen LogP contribution < -0.4 is 0 Å². The van der Waals surface area contributed by atoms with Gasteiger partial charge < -0.3 is 9.64 Å². The molecular weight excluding hydrogens is 374 g/mol. The number of carbonyl (C=O) groups excluding carboxylic acids is 1. The van der Waals surface area contributed by atoms with Gasteiger partial charge >= 0.3 is 0 Å². The quantitative estimate of drug-likeness (QED) is 0.724. The normalized spacial score (nSPS) is 28.8. The second kappa shape index (κ2) is 8.59. The number of ether oxygens (including phenoxy) is 1. The van der Waals surface area contributed by atoms with Crippen LogP contribution >= 0.6 is 0 Å². The van der Waals surface area contributed by atoms with Crippen LogP contribution in [-0.2, 0) is 9.53 Å². The number of nitrogens with zero attached hydrogens (tertiary/aromatic N) is 2. The van der Waals surface area contributed by atoms with Crippen molar-refractivity contribution in [2.45, 2.75) is 25.2 Å². The van der Waals surface area contributed by atoms with Crippen LogP contribution in [0.3, 0.4) is 0 Å². The van der Waals surface area contributed by atoms with E-state index in [-0.39, 0.29) is 18.0 Å². The van der Waals surface area contributed by atoms with E-state index in [4.69, 9.17) is 4.74 Å². The summed E-state index contributed by atoms with van der Waals surface area (Å²) in [4.78, 5) is 17.0. The molecule has 6 heteroatoms. The number of halogens is 2. The fourth-order valence-corrected chi connectivity index (χ4v) is 4.32. The molecule has 1 fully saturated rings. The molecule has 29 heavy (non-hydrogen) atoms. The van der Waals surface area contributed by atoms with Crippen LogP contribution in [0.15, 0.2) is 66.0 Å². The van der Waals surface area contributed by atoms with E-state index in [0.29, 0.717) is 32.8 Å². The van der Waals surface area contributed by atoms with Crippen molar-refractivity contribution >= 4 is 5.91 Å². The molecule has 3 aliphatic rings. The molecule has 4 atom stereocenters. The van der Waals surface area contributed by atoms with Gasteiger partial charge in [-0.1, -0.05) is 36.4 Å². The first kappa shape index (κ1) is 20.0. The van der Waals surface area contributed by atoms with Crippen LogP contribution in [-0.4, -0.2) is 60.8 Å². The van der Waals surface area contributed by atoms with Gasteiger partial charge in [0.15, 0.2) is 0 Å². The lowest BCUT2D eigenvalue weighted by Gasteiger charge is -2.35. The Bertz CT molecular complexity index is 831. The van der Waals surface area contributed by atoms with Crippen molar-refractivity contribution in [3.63, 3.8) is 0 Å². The summed E-state index contributed by atoms with van der Waals surface area (Å²) in [7, 11) is 0. The minimum absolute atomic E-state index is 0.0472. The van der Waals surface area contributed by atoms with E-state index in [2.05, 4.69) is 4.90 Å². The summed E-state index contributed by atoms with van der Waals surface area (Å²) in [5, 5.41) is 0. The molecule has 0 saturated carbocycles. The van der Waals surface area contributed by atoms with E-state index in [1.54, 1.807) is 0 Å². The van der Waals surface area contributed by atoms with Gasteiger partial charge in [-0.3, -0.25) is 9.69 Å². The van der Waals surface area contributed by atoms with E-state index in [9.17, 15) is 13.6 Å². The third-order valence-corrected chi connectivity index (χ3v) is 5.96. The smallest absolute Gasteiger partial charge is 0.239 e. The van der Waals surface area contributed by atoms with E-state index in [1.807, 2.05) is 48.2 Å². The van der Waals surface area contributed by atoms with Gasteiger partial charge in [0.25, 0.3) is 0 Å². The molecule has 1 aromatic rings. The van der Waals surface area contributed by atoms with Crippen LogP contribution in [0.2, 0.25) is 0 Å². The molecular formula is C23H26F2N2O2. The minimum Gasteiger partial charge on any atom is -0.378 e. The van der Waals surface area contributed by atoms with Crippen molar-refractivity contribution in [3.05, 3.63) is 71.6 Å². The van der Waals surface area contributed by atoms with E-state index >= 15 is 0 Å². The standard InChI is InChI=1S/C23H26F2N2O2/c1-16(23(28)26-9-11-29-12-10-26)27-15-18(20-14-19(24)7-8-21(20)25)13-22(27)17-5-3-2-4-6-17/h2-8,13-14,16,20-22H,9-12,15H2,1H3/t16?,20?,21?,22-/m0/s1. The Morgan fingerprint density at radius 2 is 1.90 bits per heavy atom. The van der Waals surface area contributed by atoms with Crippen molar-refractivity contribution in [2.75, 3.05) is 32.8 Å². The summed E-state index contributed by atoms with van der Waals surface area (Å²) < 4.78 is 33.7. The van der Waals surface area contributed by atoms with Crippen molar-refractivity contribution in [1.82, 2.24) is 9.80 Å². The summed E-state index contributed by atoms with van der Waals surface area (Å²) in [6, 6.07) is 9.33. The average molecular weight is 400 g/mol. The van der Waals surface area contributed by atoms with Crippen LogP contribution in [0.4, 0.5) is 8.78 Å². The fraction of sp³-hybridized carbons (Fsp3) is 0.435. The maximum atomic E-state index is 14.5. The van der Waals surface area contributed by atoms with Gasteiger partial charge in [-0.15, -0.1) is 0 Å². The summed E-state index contributed by atoms with van der Waals surface area (Å²) in [5.41, 5.74) is 1.85. The monoisotopic (exact) mass is 400 g/mol. The molecule has 1 aliphatic carbocycles. The highest BCUT2D eigenvalue weighted by Gasteiger charge is 2.38. The molecule has 0 N–H and O–H groups in total. The van der Waals surface area contributed by atoms with Gasteiger partial charge in [0.1, 0.15) is 12.0 Å². The summed E-state index contributed by atoms with van der Waals surface area (Å²) in [6.45, 7) is 4.59. The molecule has 154 valence electrons. The number of carbonyl (C=O) groups is 1. The van der Waals surface area contributed by atoms with Gasteiger partial charge in [0, 0.05) is 25.6 Å². The summed E-state index contributed by atoms with van der Waals surface area (Å²) >= 11 is 0. The first-order valence-electron chi connectivity index (χ1n) is 10.1. The second-order valence-electron chi connectivity index (χ2n) is 7.76. The van der Waals surface area contributed by atoms with E-state index in [1.165, 1.54) is 18.2 Å². The number of allylic oxidation sites excluding steroid dienone is 4. The number of benzene rings is 1. The number of amides is 1. The fourth-order valence-electron chi connectivity index (χ4n) is 4.32. The molecule has 0 radical (unpaired) electrons. The lowest BCUT2D eigenvalue weighted by Crippen LogP contribution is -2.50. The zero-order valence-corrected chi connectivity index (χ0v) is 16.5. The maximum Gasteiger partial charge on any atom is 0.239 e. The number of hydrogen-bond acceptors (Lipinski definition) is 3. The highest BCUT2D eigenvalue weighted by atomic mass is 19.1. The van der Waals surface area contributed by atoms with Crippen molar-refractivity contribution in [1.29, 1.82) is 0 Å². The summed E-state index contributed by atoms with van der Waals surface area (Å²) in [6.07, 6.45) is 4.52. The molecule has 2 aliphatic heterocycles. The zero-order valence-electron chi connectivity index (χ0n) is 16.5. The molecule has 1 aromatic carbocycles. The van der Waals surface area contributed by atoms with Gasteiger partial charge in [-0.05, 0) is 36.3 Å². The maximum absolute atomic E-state index is 14.5. The highest BCUT2D eigenvalue weighted by Crippen LogP contribution is 2.38. The molecule has 0 spiro atoms. The third kappa shape index (κ3) is 4.19. The van der Waals surface area contributed by atoms with Crippen LogP contribution in [0.25, 0.3) is 0 Å². The second-order valence-corrected chi connectivity index (χ2v) is 7.76. The predicted octanol–water partition coefficient (Wildman–Crippen LogP) is 3.59. The summed E-state index contributed by atoms with van der Waals surface area (Å²) in [5.74, 6) is -1.01. The topological polar surface area (TPSA) is 32.8 Å². The molecule has 0 bridgehead atoms. The minimum atomic E-state index is -1.26. The largest absolute Gasteiger partial charge is 0.378 e. The Hall–Kier alpha value is -2.31. The lowest BCUT2D eigenvalue weighted by molar-refractivity contribution is -0.140. The molecule has 1 amide bonds. The molecule has 4 rings (SSSR count). The zero-order chi connectivity index (χ0) is 20.4. The lowest BCUT2D eigenvalue weighted by atomic mass is 9.90. The Kier molecular flexibility index (Phi) is 5.92. The molecule has 2 heterocycles. The van der Waals surface area contributed by atoms with Gasteiger partial charge in [-0.25, -0.2) is 8.78 Å².